The van der Waals surface area contributed by atoms with E-state index in [9.17, 15) is 5.26 Å². The highest BCUT2D eigenvalue weighted by atomic mass is 32.2. The van der Waals surface area contributed by atoms with Crippen LogP contribution >= 0.6 is 23.1 Å². The van der Waals surface area contributed by atoms with E-state index in [-0.39, 0.29) is 0 Å². The molecule has 7 heteroatoms. The smallest absolute Gasteiger partial charge is 0.208 e. The van der Waals surface area contributed by atoms with Crippen LogP contribution in [0.4, 0.5) is 5.13 Å². The second-order valence-corrected chi connectivity index (χ2v) is 6.82. The van der Waals surface area contributed by atoms with Crippen molar-refractivity contribution in [2.45, 2.75) is 22.7 Å². The minimum Gasteiger partial charge on any atom is -0.353 e. The molecular weight excluding hydrogens is 266 g/mol. The second kappa shape index (κ2) is 5.43. The van der Waals surface area contributed by atoms with Crippen LogP contribution in [0.3, 0.4) is 0 Å². The molecule has 0 spiro atoms. The SMILES string of the molecule is CNC(C#N)(CSc1nnc(N(C)C)s1)C1CC1. The molecule has 98 valence electrons. The molecule has 1 fully saturated rings. The zero-order valence-corrected chi connectivity index (χ0v) is 12.4. The van der Waals surface area contributed by atoms with Crippen molar-refractivity contribution in [2.75, 3.05) is 31.8 Å². The Kier molecular flexibility index (Phi) is 4.10. The Balaban J connectivity index is 1.99. The van der Waals surface area contributed by atoms with E-state index < -0.39 is 5.54 Å². The molecule has 18 heavy (non-hydrogen) atoms. The minimum atomic E-state index is -0.408. The lowest BCUT2D eigenvalue weighted by molar-refractivity contribution is 0.441. The molecule has 5 nitrogen and oxygen atoms in total. The van der Waals surface area contributed by atoms with Crippen molar-refractivity contribution >= 4 is 28.2 Å². The molecule has 1 aliphatic carbocycles. The Hall–Kier alpha value is -0.840. The fourth-order valence-electron chi connectivity index (χ4n) is 1.77. The summed E-state index contributed by atoms with van der Waals surface area (Å²) >= 11 is 3.18. The van der Waals surface area contributed by atoms with Crippen molar-refractivity contribution in [1.82, 2.24) is 15.5 Å². The van der Waals surface area contributed by atoms with E-state index in [4.69, 9.17) is 0 Å². The largest absolute Gasteiger partial charge is 0.353 e. The van der Waals surface area contributed by atoms with Crippen molar-refractivity contribution in [3.05, 3.63) is 0 Å². The van der Waals surface area contributed by atoms with Gasteiger partial charge in [0, 0.05) is 19.8 Å². The summed E-state index contributed by atoms with van der Waals surface area (Å²) in [7, 11) is 5.77. The molecule has 1 aromatic heterocycles. The number of thioether (sulfide) groups is 1. The molecular formula is C11H17N5S2. The molecule has 1 aliphatic rings. The van der Waals surface area contributed by atoms with Crippen molar-refractivity contribution in [2.24, 2.45) is 5.92 Å². The van der Waals surface area contributed by atoms with Gasteiger partial charge in [0.2, 0.25) is 5.13 Å². The second-order valence-electron chi connectivity index (χ2n) is 4.64. The highest BCUT2D eigenvalue weighted by molar-refractivity contribution is 8.01. The lowest BCUT2D eigenvalue weighted by Gasteiger charge is -2.24. The van der Waals surface area contributed by atoms with Gasteiger partial charge in [0.1, 0.15) is 5.54 Å². The molecule has 1 saturated carbocycles. The quantitative estimate of drug-likeness (QED) is 0.800. The van der Waals surface area contributed by atoms with Crippen molar-refractivity contribution in [3.63, 3.8) is 0 Å². The summed E-state index contributed by atoms with van der Waals surface area (Å²) in [5, 5.41) is 21.7. The normalized spacial score (nSPS) is 18.1. The van der Waals surface area contributed by atoms with Gasteiger partial charge in [0.05, 0.1) is 6.07 Å². The van der Waals surface area contributed by atoms with Gasteiger partial charge in [-0.1, -0.05) is 23.1 Å². The number of nitrogens with zero attached hydrogens (tertiary/aromatic N) is 4. The molecule has 1 heterocycles. The van der Waals surface area contributed by atoms with Crippen LogP contribution in [0.25, 0.3) is 0 Å². The summed E-state index contributed by atoms with van der Waals surface area (Å²) < 4.78 is 0.925. The number of rotatable bonds is 6. The van der Waals surface area contributed by atoms with Gasteiger partial charge >= 0.3 is 0 Å². The van der Waals surface area contributed by atoms with Crippen LogP contribution in [-0.4, -0.2) is 42.6 Å². The molecule has 0 aliphatic heterocycles. The molecule has 0 amide bonds. The first kappa shape index (κ1) is 13.6. The number of aromatic nitrogens is 2. The predicted molar refractivity (Wildman–Crippen MR) is 75.1 cm³/mol. The molecule has 2 rings (SSSR count). The van der Waals surface area contributed by atoms with Gasteiger partial charge in [0.25, 0.3) is 0 Å². The maximum Gasteiger partial charge on any atom is 0.208 e. The zero-order chi connectivity index (χ0) is 13.2. The van der Waals surface area contributed by atoms with Crippen molar-refractivity contribution in [1.29, 1.82) is 5.26 Å². The maximum atomic E-state index is 9.39. The Bertz CT molecular complexity index is 449. The van der Waals surface area contributed by atoms with Crippen LogP contribution in [0.15, 0.2) is 4.34 Å². The van der Waals surface area contributed by atoms with Gasteiger partial charge < -0.3 is 10.2 Å². The molecule has 0 radical (unpaired) electrons. The fourth-order valence-corrected chi connectivity index (χ4v) is 3.80. The first-order chi connectivity index (χ1) is 8.61. The van der Waals surface area contributed by atoms with E-state index in [0.717, 1.165) is 28.1 Å². The fraction of sp³-hybridized carbons (Fsp3) is 0.727. The average molecular weight is 283 g/mol. The Morgan fingerprint density at radius 1 is 1.56 bits per heavy atom. The molecule has 1 unspecified atom stereocenters. The Morgan fingerprint density at radius 3 is 2.72 bits per heavy atom. The molecule has 0 bridgehead atoms. The van der Waals surface area contributed by atoms with Gasteiger partial charge in [0.15, 0.2) is 4.34 Å². The molecule has 1 aromatic rings. The summed E-state index contributed by atoms with van der Waals surface area (Å²) in [6.45, 7) is 0. The van der Waals surface area contributed by atoms with Crippen LogP contribution in [0.5, 0.6) is 0 Å². The van der Waals surface area contributed by atoms with E-state index in [1.807, 2.05) is 26.0 Å². The molecule has 0 aromatic carbocycles. The van der Waals surface area contributed by atoms with Gasteiger partial charge in [-0.2, -0.15) is 5.26 Å². The number of nitrogens with one attached hydrogen (secondary N) is 1. The summed E-state index contributed by atoms with van der Waals surface area (Å²) in [4.78, 5) is 1.94. The Morgan fingerprint density at radius 2 is 2.28 bits per heavy atom. The number of hydrogen-bond acceptors (Lipinski definition) is 7. The number of nitriles is 1. The van der Waals surface area contributed by atoms with Crippen LogP contribution in [0.2, 0.25) is 0 Å². The summed E-state index contributed by atoms with van der Waals surface area (Å²) in [5.41, 5.74) is -0.408. The van der Waals surface area contributed by atoms with Crippen LogP contribution in [0.1, 0.15) is 12.8 Å². The minimum absolute atomic E-state index is 0.408. The topological polar surface area (TPSA) is 64.8 Å². The van der Waals surface area contributed by atoms with Crippen LogP contribution in [0, 0.1) is 17.2 Å². The first-order valence-electron chi connectivity index (χ1n) is 5.85. The van der Waals surface area contributed by atoms with Gasteiger partial charge in [-0.3, -0.25) is 0 Å². The zero-order valence-electron chi connectivity index (χ0n) is 10.8. The van der Waals surface area contributed by atoms with E-state index in [1.54, 1.807) is 23.1 Å². The molecule has 0 saturated heterocycles. The van der Waals surface area contributed by atoms with Crippen LogP contribution < -0.4 is 10.2 Å². The third kappa shape index (κ3) is 2.76. The lowest BCUT2D eigenvalue weighted by Crippen LogP contribution is -2.46. The van der Waals surface area contributed by atoms with Gasteiger partial charge in [-0.05, 0) is 25.8 Å². The number of anilines is 1. The van der Waals surface area contributed by atoms with Gasteiger partial charge in [-0.15, -0.1) is 10.2 Å². The maximum absolute atomic E-state index is 9.39. The third-order valence-corrected chi connectivity index (χ3v) is 5.54. The van der Waals surface area contributed by atoms with Crippen molar-refractivity contribution in [3.8, 4) is 6.07 Å². The standard InChI is InChI=1S/C11H17N5S2/c1-13-11(6-12,8-4-5-8)7-17-10-15-14-9(18-10)16(2)3/h8,13H,4-5,7H2,1-3H3. The summed E-state index contributed by atoms with van der Waals surface area (Å²) in [5.74, 6) is 1.22. The molecule has 1 atom stereocenters. The van der Waals surface area contributed by atoms with E-state index in [2.05, 4.69) is 21.6 Å². The highest BCUT2D eigenvalue weighted by Crippen LogP contribution is 2.42. The Labute approximate surface area is 116 Å². The lowest BCUT2D eigenvalue weighted by atomic mass is 9.98. The first-order valence-corrected chi connectivity index (χ1v) is 7.65. The molecule has 1 N–H and O–H groups in total. The number of hydrogen-bond donors (Lipinski definition) is 1. The van der Waals surface area contributed by atoms with Gasteiger partial charge in [-0.25, -0.2) is 0 Å². The monoisotopic (exact) mass is 283 g/mol. The van der Waals surface area contributed by atoms with Crippen molar-refractivity contribution < 1.29 is 0 Å². The third-order valence-electron chi connectivity index (χ3n) is 3.12. The highest BCUT2D eigenvalue weighted by Gasteiger charge is 2.44. The van der Waals surface area contributed by atoms with E-state index in [1.165, 1.54) is 0 Å². The summed E-state index contributed by atoms with van der Waals surface area (Å²) in [6, 6.07) is 2.44. The average Bonchev–Trinajstić information content (AvgIpc) is 3.10. The van der Waals surface area contributed by atoms with E-state index in [0.29, 0.717) is 5.92 Å². The van der Waals surface area contributed by atoms with Crippen LogP contribution in [-0.2, 0) is 0 Å². The summed E-state index contributed by atoms with van der Waals surface area (Å²) in [6.07, 6.45) is 2.29. The van der Waals surface area contributed by atoms with E-state index >= 15 is 0 Å². The predicted octanol–water partition coefficient (Wildman–Crippen LogP) is 1.59.